The first kappa shape index (κ1) is 15.9. The van der Waals surface area contributed by atoms with Crippen molar-refractivity contribution in [1.29, 1.82) is 0 Å². The van der Waals surface area contributed by atoms with Crippen molar-refractivity contribution in [1.82, 2.24) is 9.88 Å². The number of para-hydroxylation sites is 1. The van der Waals surface area contributed by atoms with Gasteiger partial charge in [0.1, 0.15) is 5.01 Å². The highest BCUT2D eigenvalue weighted by Crippen LogP contribution is 2.29. The Morgan fingerprint density at radius 2 is 2.04 bits per heavy atom. The van der Waals surface area contributed by atoms with E-state index < -0.39 is 0 Å². The first-order valence-corrected chi connectivity index (χ1v) is 8.28. The Kier molecular flexibility index (Phi) is 4.59. The number of halogens is 1. The van der Waals surface area contributed by atoms with Gasteiger partial charge in [0.05, 0.1) is 23.4 Å². The van der Waals surface area contributed by atoms with E-state index in [9.17, 15) is 4.39 Å². The maximum Gasteiger partial charge on any atom is 0.165 e. The molecule has 0 radical (unpaired) electrons. The second kappa shape index (κ2) is 6.64. The molecule has 3 aromatic rings. The number of fused-ring (bicyclic) bond motifs is 1. The van der Waals surface area contributed by atoms with Crippen LogP contribution in [0.2, 0.25) is 0 Å². The highest BCUT2D eigenvalue weighted by atomic mass is 32.1. The summed E-state index contributed by atoms with van der Waals surface area (Å²) in [6.07, 6.45) is 0. The number of hydrogen-bond acceptors (Lipinski definition) is 4. The van der Waals surface area contributed by atoms with Crippen LogP contribution in [0.4, 0.5) is 4.39 Å². The molecule has 3 nitrogen and oxygen atoms in total. The van der Waals surface area contributed by atoms with Crippen molar-refractivity contribution in [3.63, 3.8) is 0 Å². The molecule has 2 aromatic carbocycles. The molecule has 23 heavy (non-hydrogen) atoms. The van der Waals surface area contributed by atoms with Crippen LogP contribution in [0.1, 0.15) is 23.5 Å². The summed E-state index contributed by atoms with van der Waals surface area (Å²) < 4.78 is 20.0. The molecule has 0 aliphatic rings. The lowest BCUT2D eigenvalue weighted by atomic mass is 10.2. The van der Waals surface area contributed by atoms with Gasteiger partial charge in [-0.05, 0) is 43.8 Å². The largest absolute Gasteiger partial charge is 0.494 e. The molecule has 0 spiro atoms. The van der Waals surface area contributed by atoms with Crippen LogP contribution in [0.3, 0.4) is 0 Å². The van der Waals surface area contributed by atoms with E-state index in [-0.39, 0.29) is 17.6 Å². The minimum Gasteiger partial charge on any atom is -0.494 e. The fourth-order valence-electron chi connectivity index (χ4n) is 2.49. The van der Waals surface area contributed by atoms with E-state index in [0.29, 0.717) is 6.54 Å². The Hall–Kier alpha value is -1.98. The van der Waals surface area contributed by atoms with Crippen LogP contribution in [-0.4, -0.2) is 24.0 Å². The molecule has 0 aliphatic carbocycles. The lowest BCUT2D eigenvalue weighted by molar-refractivity contribution is 0.252. The molecule has 1 heterocycles. The summed E-state index contributed by atoms with van der Waals surface area (Å²) in [4.78, 5) is 6.87. The van der Waals surface area contributed by atoms with Crippen molar-refractivity contribution >= 4 is 21.6 Å². The molecule has 1 aromatic heterocycles. The molecular weight excluding hydrogens is 311 g/mol. The van der Waals surface area contributed by atoms with Crippen molar-refractivity contribution in [3.8, 4) is 5.75 Å². The van der Waals surface area contributed by atoms with Gasteiger partial charge in [-0.1, -0.05) is 18.2 Å². The van der Waals surface area contributed by atoms with Crippen LogP contribution in [-0.2, 0) is 6.54 Å². The molecule has 0 aliphatic heterocycles. The number of nitrogens with zero attached hydrogens (tertiary/aromatic N) is 2. The van der Waals surface area contributed by atoms with Crippen molar-refractivity contribution < 1.29 is 9.13 Å². The number of ether oxygens (including phenoxy) is 1. The van der Waals surface area contributed by atoms with Crippen molar-refractivity contribution in [2.45, 2.75) is 19.5 Å². The van der Waals surface area contributed by atoms with E-state index in [1.165, 1.54) is 17.9 Å². The zero-order valence-electron chi connectivity index (χ0n) is 13.4. The minimum absolute atomic E-state index is 0.164. The Morgan fingerprint density at radius 3 is 2.74 bits per heavy atom. The van der Waals surface area contributed by atoms with Gasteiger partial charge in [-0.25, -0.2) is 9.37 Å². The predicted molar refractivity (Wildman–Crippen MR) is 92.5 cm³/mol. The summed E-state index contributed by atoms with van der Waals surface area (Å²) in [7, 11) is 3.50. The number of methoxy groups -OCH3 is 1. The quantitative estimate of drug-likeness (QED) is 0.681. The predicted octanol–water partition coefficient (Wildman–Crippen LogP) is 4.64. The molecule has 5 heteroatoms. The third kappa shape index (κ3) is 3.35. The molecule has 0 N–H and O–H groups in total. The van der Waals surface area contributed by atoms with Crippen molar-refractivity contribution in [2.24, 2.45) is 0 Å². The van der Waals surface area contributed by atoms with Crippen LogP contribution in [0, 0.1) is 5.82 Å². The van der Waals surface area contributed by atoms with Crippen molar-refractivity contribution in [3.05, 3.63) is 58.9 Å². The van der Waals surface area contributed by atoms with Gasteiger partial charge in [0.25, 0.3) is 0 Å². The van der Waals surface area contributed by atoms with Crippen LogP contribution >= 0.6 is 11.3 Å². The van der Waals surface area contributed by atoms with Crippen LogP contribution in [0.25, 0.3) is 10.2 Å². The normalized spacial score (nSPS) is 12.7. The second-order valence-corrected chi connectivity index (χ2v) is 6.64. The SMILES string of the molecule is COc1ccc(CN(C)C(C)c2nc3ccccc3s2)cc1F. The average molecular weight is 330 g/mol. The van der Waals surface area contributed by atoms with Gasteiger partial charge in [-0.2, -0.15) is 0 Å². The van der Waals surface area contributed by atoms with Gasteiger partial charge in [0.2, 0.25) is 0 Å². The zero-order valence-corrected chi connectivity index (χ0v) is 14.2. The third-order valence-electron chi connectivity index (χ3n) is 3.98. The van der Waals surface area contributed by atoms with Gasteiger partial charge in [0, 0.05) is 6.54 Å². The fourth-order valence-corrected chi connectivity index (χ4v) is 3.58. The van der Waals surface area contributed by atoms with E-state index in [0.717, 1.165) is 16.1 Å². The van der Waals surface area contributed by atoms with Gasteiger partial charge in [-0.3, -0.25) is 4.90 Å². The lowest BCUT2D eigenvalue weighted by Gasteiger charge is -2.23. The van der Waals surface area contributed by atoms with E-state index in [2.05, 4.69) is 17.9 Å². The maximum absolute atomic E-state index is 13.8. The Balaban J connectivity index is 1.76. The number of thiazole rings is 1. The number of aromatic nitrogens is 1. The number of benzene rings is 2. The Morgan fingerprint density at radius 1 is 1.26 bits per heavy atom. The van der Waals surface area contributed by atoms with Crippen LogP contribution in [0.5, 0.6) is 5.75 Å². The van der Waals surface area contributed by atoms with Crippen LogP contribution in [0.15, 0.2) is 42.5 Å². The molecule has 3 rings (SSSR count). The average Bonchev–Trinajstić information content (AvgIpc) is 2.98. The lowest BCUT2D eigenvalue weighted by Crippen LogP contribution is -2.21. The summed E-state index contributed by atoms with van der Waals surface area (Å²) in [5.74, 6) is -0.0540. The first-order chi connectivity index (χ1) is 11.1. The topological polar surface area (TPSA) is 25.4 Å². The standard InChI is InChI=1S/C18H19FN2OS/c1-12(18-20-15-6-4-5-7-17(15)23-18)21(2)11-13-8-9-16(22-3)14(19)10-13/h4-10,12H,11H2,1-3H3. The van der Waals surface area contributed by atoms with Crippen LogP contribution < -0.4 is 4.74 Å². The van der Waals surface area contributed by atoms with E-state index in [4.69, 9.17) is 9.72 Å². The number of hydrogen-bond donors (Lipinski definition) is 0. The summed E-state index contributed by atoms with van der Waals surface area (Å²) >= 11 is 1.71. The van der Waals surface area contributed by atoms with Gasteiger partial charge < -0.3 is 4.74 Å². The highest BCUT2D eigenvalue weighted by molar-refractivity contribution is 7.18. The Bertz CT molecular complexity index is 785. The monoisotopic (exact) mass is 330 g/mol. The number of rotatable bonds is 5. The third-order valence-corrected chi connectivity index (χ3v) is 5.18. The Labute approximate surface area is 139 Å². The van der Waals surface area contributed by atoms with E-state index in [1.54, 1.807) is 17.4 Å². The van der Waals surface area contributed by atoms with Gasteiger partial charge in [0.15, 0.2) is 11.6 Å². The van der Waals surface area contributed by atoms with Crippen molar-refractivity contribution in [2.75, 3.05) is 14.2 Å². The second-order valence-electron chi connectivity index (χ2n) is 5.58. The smallest absolute Gasteiger partial charge is 0.165 e. The summed E-state index contributed by atoms with van der Waals surface area (Å²) in [6, 6.07) is 13.4. The molecule has 0 saturated heterocycles. The molecule has 1 atom stereocenters. The first-order valence-electron chi connectivity index (χ1n) is 7.46. The highest BCUT2D eigenvalue weighted by Gasteiger charge is 2.17. The molecule has 120 valence electrons. The van der Waals surface area contributed by atoms with Gasteiger partial charge in [-0.15, -0.1) is 11.3 Å². The molecule has 1 unspecified atom stereocenters. The fraction of sp³-hybridized carbons (Fsp3) is 0.278. The molecule has 0 amide bonds. The molecular formula is C18H19FN2OS. The summed E-state index contributed by atoms with van der Waals surface area (Å²) in [5, 5.41) is 1.07. The minimum atomic E-state index is -0.328. The molecule has 0 fully saturated rings. The van der Waals surface area contributed by atoms with E-state index in [1.807, 2.05) is 31.3 Å². The van der Waals surface area contributed by atoms with Gasteiger partial charge >= 0.3 is 0 Å². The molecule has 0 saturated carbocycles. The molecule has 0 bridgehead atoms. The summed E-state index contributed by atoms with van der Waals surface area (Å²) in [5.41, 5.74) is 1.95. The maximum atomic E-state index is 13.8. The zero-order chi connectivity index (χ0) is 16.4. The summed E-state index contributed by atoms with van der Waals surface area (Å²) in [6.45, 7) is 2.77. The van der Waals surface area contributed by atoms with E-state index >= 15 is 0 Å².